The van der Waals surface area contributed by atoms with Crippen molar-refractivity contribution in [3.8, 4) is 0 Å². The molecule has 4 nitrogen and oxygen atoms in total. The van der Waals surface area contributed by atoms with Crippen LogP contribution < -0.4 is 0 Å². The zero-order valence-corrected chi connectivity index (χ0v) is 8.78. The molecule has 1 saturated heterocycles. The van der Waals surface area contributed by atoms with Crippen molar-refractivity contribution >= 4 is 11.9 Å². The van der Waals surface area contributed by atoms with Gasteiger partial charge in [-0.25, -0.2) is 0 Å². The average molecular weight is 199 g/mol. The van der Waals surface area contributed by atoms with Gasteiger partial charge in [-0.3, -0.25) is 9.59 Å². The average Bonchev–Trinajstić information content (AvgIpc) is 2.48. The van der Waals surface area contributed by atoms with Gasteiger partial charge in [0.05, 0.1) is 6.61 Å². The quantitative estimate of drug-likeness (QED) is 0.629. The minimum Gasteiger partial charge on any atom is -0.465 e. The number of likely N-dealkylation sites (tertiary alicyclic amines) is 1. The first kappa shape index (κ1) is 11.0. The van der Waals surface area contributed by atoms with Crippen molar-refractivity contribution in [2.45, 2.75) is 26.7 Å². The number of esters is 1. The van der Waals surface area contributed by atoms with Gasteiger partial charge in [-0.1, -0.05) is 6.92 Å². The molecule has 0 bridgehead atoms. The second-order valence-electron chi connectivity index (χ2n) is 3.46. The third-order valence-corrected chi connectivity index (χ3v) is 2.53. The molecule has 1 rings (SSSR count). The molecule has 1 aliphatic rings. The van der Waals surface area contributed by atoms with Crippen molar-refractivity contribution in [2.24, 2.45) is 5.92 Å². The molecule has 1 fully saturated rings. The fourth-order valence-corrected chi connectivity index (χ4v) is 1.70. The van der Waals surface area contributed by atoms with E-state index in [1.807, 2.05) is 6.92 Å². The Bertz CT molecular complexity index is 227. The van der Waals surface area contributed by atoms with E-state index in [0.29, 0.717) is 13.2 Å². The first-order chi connectivity index (χ1) is 6.69. The molecule has 1 atom stereocenters. The van der Waals surface area contributed by atoms with Crippen molar-refractivity contribution < 1.29 is 14.3 Å². The summed E-state index contributed by atoms with van der Waals surface area (Å²) in [6.45, 7) is 4.94. The largest absolute Gasteiger partial charge is 0.465 e. The molecule has 14 heavy (non-hydrogen) atoms. The highest BCUT2D eigenvalue weighted by atomic mass is 16.5. The van der Waals surface area contributed by atoms with E-state index >= 15 is 0 Å². The van der Waals surface area contributed by atoms with Crippen LogP contribution in [0, 0.1) is 5.92 Å². The fraction of sp³-hybridized carbons (Fsp3) is 0.800. The number of rotatable bonds is 4. The summed E-state index contributed by atoms with van der Waals surface area (Å²) in [4.78, 5) is 24.3. The Balaban J connectivity index is 2.40. The summed E-state index contributed by atoms with van der Waals surface area (Å²) in [6, 6.07) is 0. The Hall–Kier alpha value is -1.06. The number of hydrogen-bond acceptors (Lipinski definition) is 3. The molecule has 0 radical (unpaired) electrons. The molecule has 0 unspecified atom stereocenters. The molecule has 0 aliphatic carbocycles. The van der Waals surface area contributed by atoms with Gasteiger partial charge in [0.1, 0.15) is 6.54 Å². The minimum absolute atomic E-state index is 0.0977. The van der Waals surface area contributed by atoms with E-state index in [9.17, 15) is 9.59 Å². The van der Waals surface area contributed by atoms with Gasteiger partial charge in [-0.15, -0.1) is 0 Å². The third-order valence-electron chi connectivity index (χ3n) is 2.53. The van der Waals surface area contributed by atoms with Crippen LogP contribution in [-0.4, -0.2) is 36.5 Å². The van der Waals surface area contributed by atoms with Crippen molar-refractivity contribution in [1.82, 2.24) is 4.90 Å². The van der Waals surface area contributed by atoms with Crippen LogP contribution in [0.1, 0.15) is 26.7 Å². The van der Waals surface area contributed by atoms with Crippen LogP contribution in [0.25, 0.3) is 0 Å². The third kappa shape index (κ3) is 2.47. The number of nitrogens with zero attached hydrogens (tertiary/aromatic N) is 1. The number of carbonyl (C=O) groups excluding carboxylic acids is 2. The van der Waals surface area contributed by atoms with Crippen molar-refractivity contribution in [3.63, 3.8) is 0 Å². The van der Waals surface area contributed by atoms with Crippen LogP contribution in [0.15, 0.2) is 0 Å². The molecule has 1 heterocycles. The molecular formula is C10H17NO3. The molecule has 80 valence electrons. The predicted molar refractivity (Wildman–Crippen MR) is 51.6 cm³/mol. The first-order valence-corrected chi connectivity index (χ1v) is 5.13. The lowest BCUT2D eigenvalue weighted by atomic mass is 10.1. The summed E-state index contributed by atoms with van der Waals surface area (Å²) in [5.41, 5.74) is 0. The first-order valence-electron chi connectivity index (χ1n) is 5.13. The Morgan fingerprint density at radius 2 is 2.29 bits per heavy atom. The Morgan fingerprint density at radius 3 is 2.79 bits per heavy atom. The van der Waals surface area contributed by atoms with E-state index in [4.69, 9.17) is 4.74 Å². The fourth-order valence-electron chi connectivity index (χ4n) is 1.70. The smallest absolute Gasteiger partial charge is 0.325 e. The van der Waals surface area contributed by atoms with Crippen LogP contribution in [0.4, 0.5) is 0 Å². The minimum atomic E-state index is -0.308. The van der Waals surface area contributed by atoms with Gasteiger partial charge in [0, 0.05) is 12.5 Å². The highest BCUT2D eigenvalue weighted by molar-refractivity contribution is 5.85. The monoisotopic (exact) mass is 199 g/mol. The summed E-state index contributed by atoms with van der Waals surface area (Å²) >= 11 is 0. The lowest BCUT2D eigenvalue weighted by Gasteiger charge is -2.14. The van der Waals surface area contributed by atoms with Gasteiger partial charge in [-0.2, -0.15) is 0 Å². The van der Waals surface area contributed by atoms with E-state index in [1.165, 1.54) is 0 Å². The second-order valence-corrected chi connectivity index (χ2v) is 3.46. The van der Waals surface area contributed by atoms with Crippen LogP contribution in [0.2, 0.25) is 0 Å². The summed E-state index contributed by atoms with van der Waals surface area (Å²) in [5.74, 6) is -0.0948. The van der Waals surface area contributed by atoms with Gasteiger partial charge >= 0.3 is 5.97 Å². The lowest BCUT2D eigenvalue weighted by Crippen LogP contribution is -2.33. The summed E-state index contributed by atoms with van der Waals surface area (Å²) < 4.78 is 4.79. The van der Waals surface area contributed by atoms with Crippen molar-refractivity contribution in [2.75, 3.05) is 19.7 Å². The maximum atomic E-state index is 11.6. The number of carbonyl (C=O) groups is 2. The summed E-state index contributed by atoms with van der Waals surface area (Å²) in [6.07, 6.45) is 1.73. The molecule has 0 aromatic rings. The maximum absolute atomic E-state index is 11.6. The molecule has 0 saturated carbocycles. The summed E-state index contributed by atoms with van der Waals surface area (Å²) in [5, 5.41) is 0. The van der Waals surface area contributed by atoms with E-state index in [0.717, 1.165) is 12.8 Å². The summed E-state index contributed by atoms with van der Waals surface area (Å²) in [7, 11) is 0. The van der Waals surface area contributed by atoms with Crippen LogP contribution in [0.5, 0.6) is 0 Å². The zero-order chi connectivity index (χ0) is 10.6. The molecule has 0 spiro atoms. The molecular weight excluding hydrogens is 182 g/mol. The highest BCUT2D eigenvalue weighted by Crippen LogP contribution is 2.20. The standard InChI is InChI=1S/C10H17NO3/c1-3-8-5-6-11(10(8)13)7-9(12)14-4-2/h8H,3-7H2,1-2H3/t8-/m1/s1. The van der Waals surface area contributed by atoms with Crippen LogP contribution in [0.3, 0.4) is 0 Å². The van der Waals surface area contributed by atoms with Crippen molar-refractivity contribution in [3.05, 3.63) is 0 Å². The number of ether oxygens (including phenoxy) is 1. The van der Waals surface area contributed by atoms with Crippen LogP contribution in [-0.2, 0) is 14.3 Å². The van der Waals surface area contributed by atoms with E-state index in [-0.39, 0.29) is 24.3 Å². The molecule has 1 amide bonds. The van der Waals surface area contributed by atoms with Gasteiger partial charge in [0.25, 0.3) is 0 Å². The van der Waals surface area contributed by atoms with Crippen molar-refractivity contribution in [1.29, 1.82) is 0 Å². The van der Waals surface area contributed by atoms with Crippen LogP contribution >= 0.6 is 0 Å². The normalized spacial score (nSPS) is 21.4. The van der Waals surface area contributed by atoms with Gasteiger partial charge in [-0.05, 0) is 19.8 Å². The predicted octanol–water partition coefficient (Wildman–Crippen LogP) is 0.808. The molecule has 1 aliphatic heterocycles. The van der Waals surface area contributed by atoms with E-state index < -0.39 is 0 Å². The highest BCUT2D eigenvalue weighted by Gasteiger charge is 2.31. The SMILES string of the molecule is CCOC(=O)CN1CC[C@@H](CC)C1=O. The van der Waals surface area contributed by atoms with Gasteiger partial charge in [0.15, 0.2) is 0 Å². The Labute approximate surface area is 84.2 Å². The second kappa shape index (κ2) is 4.98. The van der Waals surface area contributed by atoms with Gasteiger partial charge in [0.2, 0.25) is 5.91 Å². The zero-order valence-electron chi connectivity index (χ0n) is 8.78. The molecule has 4 heteroatoms. The molecule has 0 aromatic carbocycles. The molecule has 0 N–H and O–H groups in total. The molecule has 0 aromatic heterocycles. The number of hydrogen-bond donors (Lipinski definition) is 0. The van der Waals surface area contributed by atoms with Gasteiger partial charge < -0.3 is 9.64 Å². The topological polar surface area (TPSA) is 46.6 Å². The number of amides is 1. The van der Waals surface area contributed by atoms with E-state index in [1.54, 1.807) is 11.8 Å². The lowest BCUT2D eigenvalue weighted by molar-refractivity contribution is -0.148. The Morgan fingerprint density at radius 1 is 1.57 bits per heavy atom. The maximum Gasteiger partial charge on any atom is 0.325 e. The Kier molecular flexibility index (Phi) is 3.92. The van der Waals surface area contributed by atoms with E-state index in [2.05, 4.69) is 0 Å².